The number of aryl methyl sites for hydroxylation is 1. The van der Waals surface area contributed by atoms with E-state index >= 15 is 0 Å². The molecule has 1 saturated heterocycles. The molecule has 1 atom stereocenters. The largest absolute Gasteiger partial charge is 0.464 e. The Morgan fingerprint density at radius 2 is 2.08 bits per heavy atom. The molecule has 2 amide bonds. The van der Waals surface area contributed by atoms with Gasteiger partial charge in [-0.3, -0.25) is 9.59 Å². The van der Waals surface area contributed by atoms with Gasteiger partial charge in [0.15, 0.2) is 11.3 Å². The molecule has 2 aliphatic rings. The quantitative estimate of drug-likeness (QED) is 0.463. The van der Waals surface area contributed by atoms with Crippen LogP contribution in [0, 0.1) is 11.8 Å². The summed E-state index contributed by atoms with van der Waals surface area (Å²) in [5.74, 6) is -1.89. The first-order chi connectivity index (χ1) is 11.4. The first kappa shape index (κ1) is 15.8. The van der Waals surface area contributed by atoms with Crippen LogP contribution in [0.5, 0.6) is 0 Å². The maximum absolute atomic E-state index is 12.9. The number of ether oxygens (including phenoxy) is 1. The second-order valence-electron chi connectivity index (χ2n) is 5.67. The Morgan fingerprint density at radius 3 is 2.71 bits per heavy atom. The molecule has 1 fully saturated rings. The third-order valence-corrected chi connectivity index (χ3v) is 4.11. The van der Waals surface area contributed by atoms with Gasteiger partial charge in [-0.05, 0) is 24.6 Å². The molecule has 0 aliphatic carbocycles. The van der Waals surface area contributed by atoms with Crippen molar-refractivity contribution in [2.75, 3.05) is 12.0 Å². The second kappa shape index (κ2) is 5.52. The summed E-state index contributed by atoms with van der Waals surface area (Å²) in [7, 11) is 1.16. The van der Waals surface area contributed by atoms with Gasteiger partial charge >= 0.3 is 5.97 Å². The Morgan fingerprint density at radius 1 is 1.33 bits per heavy atom. The maximum atomic E-state index is 12.9. The van der Waals surface area contributed by atoms with E-state index in [-0.39, 0.29) is 18.6 Å². The third kappa shape index (κ3) is 2.16. The molecule has 9 heteroatoms. The van der Waals surface area contributed by atoms with E-state index in [0.717, 1.165) is 17.6 Å². The van der Waals surface area contributed by atoms with Crippen molar-refractivity contribution < 1.29 is 19.1 Å². The normalized spacial score (nSPS) is 23.0. The molecule has 0 aromatic heterocycles. The number of rotatable bonds is 3. The van der Waals surface area contributed by atoms with Gasteiger partial charge < -0.3 is 4.74 Å². The summed E-state index contributed by atoms with van der Waals surface area (Å²) in [6, 6.07) is 6.86. The molecule has 24 heavy (non-hydrogen) atoms. The molecule has 9 nitrogen and oxygen atoms in total. The predicted octanol–water partition coefficient (Wildman–Crippen LogP) is 0.913. The Kier molecular flexibility index (Phi) is 3.63. The van der Waals surface area contributed by atoms with Crippen LogP contribution in [0.4, 0.5) is 5.69 Å². The van der Waals surface area contributed by atoms with Crippen molar-refractivity contribution >= 4 is 29.2 Å². The van der Waals surface area contributed by atoms with Gasteiger partial charge in [-0.15, -0.1) is 15.1 Å². The minimum absolute atomic E-state index is 0.121. The molecule has 2 heterocycles. The van der Waals surface area contributed by atoms with Crippen LogP contribution < -0.4 is 4.90 Å². The van der Waals surface area contributed by atoms with Crippen molar-refractivity contribution in [3.63, 3.8) is 0 Å². The molecule has 1 aromatic carbocycles. The molecule has 0 bridgehead atoms. The van der Waals surface area contributed by atoms with Gasteiger partial charge in [0, 0.05) is 6.42 Å². The molecular weight excluding hydrogens is 316 g/mol. The van der Waals surface area contributed by atoms with E-state index in [1.165, 1.54) is 0 Å². The first-order valence-corrected chi connectivity index (χ1v) is 7.16. The number of esters is 1. The highest BCUT2D eigenvalue weighted by atomic mass is 16.5. The average Bonchev–Trinajstić information content (AvgIpc) is 3.05. The van der Waals surface area contributed by atoms with Crippen molar-refractivity contribution in [2.24, 2.45) is 10.4 Å². The van der Waals surface area contributed by atoms with Crippen LogP contribution in [-0.4, -0.2) is 41.3 Å². The number of amides is 2. The van der Waals surface area contributed by atoms with Gasteiger partial charge in [-0.1, -0.05) is 12.1 Å². The summed E-state index contributed by atoms with van der Waals surface area (Å²) in [6.07, 6.45) is -0.506. The van der Waals surface area contributed by atoms with Crippen molar-refractivity contribution in [3.8, 4) is 0 Å². The van der Waals surface area contributed by atoms with Gasteiger partial charge in [0.05, 0.1) is 24.5 Å². The SMILES string of the molecule is COC(=O)C1=NN(N=O)[C@]2(CC(=O)N(c3cccc(C)c3)C2=O)C1. The summed E-state index contributed by atoms with van der Waals surface area (Å²) in [5, 5.41) is 7.05. The Balaban J connectivity index is 1.99. The van der Waals surface area contributed by atoms with Crippen LogP contribution in [0.1, 0.15) is 18.4 Å². The van der Waals surface area contributed by atoms with E-state index < -0.39 is 23.3 Å². The zero-order chi connectivity index (χ0) is 17.5. The van der Waals surface area contributed by atoms with Gasteiger partial charge in [-0.25, -0.2) is 9.69 Å². The van der Waals surface area contributed by atoms with E-state index in [2.05, 4.69) is 15.1 Å². The highest BCUT2D eigenvalue weighted by Crippen LogP contribution is 2.40. The summed E-state index contributed by atoms with van der Waals surface area (Å²) in [5.41, 5.74) is -0.451. The van der Waals surface area contributed by atoms with Crippen molar-refractivity contribution in [1.82, 2.24) is 5.12 Å². The summed E-state index contributed by atoms with van der Waals surface area (Å²) in [6.45, 7) is 1.83. The molecule has 0 N–H and O–H groups in total. The molecule has 0 radical (unpaired) electrons. The number of carbonyl (C=O) groups excluding carboxylic acids is 3. The fourth-order valence-electron chi connectivity index (χ4n) is 2.97. The van der Waals surface area contributed by atoms with E-state index in [0.29, 0.717) is 10.8 Å². The lowest BCUT2D eigenvalue weighted by Gasteiger charge is -2.24. The number of carbonyl (C=O) groups is 3. The molecule has 0 saturated carbocycles. The summed E-state index contributed by atoms with van der Waals surface area (Å²) >= 11 is 0. The predicted molar refractivity (Wildman–Crippen MR) is 82.7 cm³/mol. The lowest BCUT2D eigenvalue weighted by Crippen LogP contribution is -2.48. The van der Waals surface area contributed by atoms with Gasteiger partial charge in [0.2, 0.25) is 5.91 Å². The number of hydrazone groups is 1. The number of imide groups is 1. The molecule has 124 valence electrons. The number of anilines is 1. The minimum atomic E-state index is -1.61. The fraction of sp³-hybridized carbons (Fsp3) is 0.333. The van der Waals surface area contributed by atoms with Crippen LogP contribution in [0.25, 0.3) is 0 Å². The van der Waals surface area contributed by atoms with Crippen LogP contribution in [-0.2, 0) is 19.1 Å². The highest BCUT2D eigenvalue weighted by molar-refractivity contribution is 6.39. The third-order valence-electron chi connectivity index (χ3n) is 4.11. The van der Waals surface area contributed by atoms with Gasteiger partial charge in [0.1, 0.15) is 0 Å². The van der Waals surface area contributed by atoms with E-state index in [1.54, 1.807) is 18.2 Å². The number of hydrogen-bond acceptors (Lipinski definition) is 7. The topological polar surface area (TPSA) is 109 Å². The Labute approximate surface area is 136 Å². The molecule has 0 unspecified atom stereocenters. The number of nitrogens with zero attached hydrogens (tertiary/aromatic N) is 4. The molecule has 2 aliphatic heterocycles. The zero-order valence-corrected chi connectivity index (χ0v) is 13.1. The number of nitroso groups, excluding NO2 is 1. The fourth-order valence-corrected chi connectivity index (χ4v) is 2.97. The Bertz CT molecular complexity index is 790. The smallest absolute Gasteiger partial charge is 0.354 e. The molecule has 3 rings (SSSR count). The monoisotopic (exact) mass is 330 g/mol. The standard InChI is InChI=1S/C15H14N4O5/c1-9-4-3-5-10(6-9)18-12(20)8-15(14(18)22)7-11(13(21)24-2)16-19(15)17-23/h3-6H,7-8H2,1-2H3/t15-/m0/s1. The van der Waals surface area contributed by atoms with Crippen LogP contribution in [0.3, 0.4) is 0 Å². The van der Waals surface area contributed by atoms with Crippen LogP contribution >= 0.6 is 0 Å². The molecule has 1 aromatic rings. The number of methoxy groups -OCH3 is 1. The lowest BCUT2D eigenvalue weighted by atomic mass is 9.92. The first-order valence-electron chi connectivity index (χ1n) is 7.16. The van der Waals surface area contributed by atoms with E-state index in [4.69, 9.17) is 0 Å². The number of benzene rings is 1. The second-order valence-corrected chi connectivity index (χ2v) is 5.67. The summed E-state index contributed by atoms with van der Waals surface area (Å²) in [4.78, 5) is 49.1. The van der Waals surface area contributed by atoms with Crippen molar-refractivity contribution in [1.29, 1.82) is 0 Å². The maximum Gasteiger partial charge on any atom is 0.354 e. The van der Waals surface area contributed by atoms with E-state index in [9.17, 15) is 19.3 Å². The van der Waals surface area contributed by atoms with Crippen LogP contribution in [0.15, 0.2) is 34.7 Å². The zero-order valence-electron chi connectivity index (χ0n) is 13.1. The molecule has 1 spiro atoms. The average molecular weight is 330 g/mol. The van der Waals surface area contributed by atoms with Crippen molar-refractivity contribution in [3.05, 3.63) is 34.7 Å². The summed E-state index contributed by atoms with van der Waals surface area (Å²) < 4.78 is 4.57. The minimum Gasteiger partial charge on any atom is -0.464 e. The van der Waals surface area contributed by atoms with Crippen LogP contribution in [0.2, 0.25) is 0 Å². The van der Waals surface area contributed by atoms with E-state index in [1.807, 2.05) is 13.0 Å². The van der Waals surface area contributed by atoms with Gasteiger partial charge in [-0.2, -0.15) is 0 Å². The lowest BCUT2D eigenvalue weighted by molar-refractivity contribution is -0.132. The van der Waals surface area contributed by atoms with Crippen molar-refractivity contribution in [2.45, 2.75) is 25.3 Å². The molecular formula is C15H14N4O5. The number of hydrogen-bond donors (Lipinski definition) is 0. The van der Waals surface area contributed by atoms with Gasteiger partial charge in [0.25, 0.3) is 5.91 Å². The Hall–Kier alpha value is -3.10. The highest BCUT2D eigenvalue weighted by Gasteiger charge is 2.61.